The maximum Gasteiger partial charge on any atom is 0.263 e. The van der Waals surface area contributed by atoms with E-state index in [0.29, 0.717) is 17.2 Å². The highest BCUT2D eigenvalue weighted by atomic mass is 35.5. The summed E-state index contributed by atoms with van der Waals surface area (Å²) in [6.07, 6.45) is 0. The Morgan fingerprint density at radius 3 is 2.62 bits per heavy atom. The predicted molar refractivity (Wildman–Crippen MR) is 111 cm³/mol. The zero-order valence-electron chi connectivity index (χ0n) is 16.9. The van der Waals surface area contributed by atoms with E-state index in [2.05, 4.69) is 15.7 Å². The summed E-state index contributed by atoms with van der Waals surface area (Å²) < 4.78 is 23.8. The van der Waals surface area contributed by atoms with Crippen molar-refractivity contribution in [3.63, 3.8) is 0 Å². The first-order valence-corrected chi connectivity index (χ1v) is 9.74. The number of imide groups is 1. The van der Waals surface area contributed by atoms with Gasteiger partial charge in [0.15, 0.2) is 12.1 Å². The average molecular weight is 462 g/mol. The molecule has 32 heavy (non-hydrogen) atoms. The van der Waals surface area contributed by atoms with E-state index >= 15 is 0 Å². The van der Waals surface area contributed by atoms with Crippen LogP contribution in [0.4, 0.5) is 15.8 Å². The number of benzene rings is 2. The highest BCUT2D eigenvalue weighted by Crippen LogP contribution is 2.34. The summed E-state index contributed by atoms with van der Waals surface area (Å²) in [5.41, 5.74) is 0.505. The molecule has 0 radical (unpaired) electrons. The highest BCUT2D eigenvalue weighted by Gasteiger charge is 2.55. The fraction of sp³-hybridized carbons (Fsp3) is 0.250. The van der Waals surface area contributed by atoms with Crippen molar-refractivity contribution in [2.24, 2.45) is 10.3 Å². The molecule has 12 heteroatoms. The van der Waals surface area contributed by atoms with Gasteiger partial charge in [-0.15, -0.1) is 0 Å². The molecule has 2 aromatic rings. The predicted octanol–water partition coefficient (Wildman–Crippen LogP) is 2.43. The third-order valence-electron chi connectivity index (χ3n) is 5.01. The van der Waals surface area contributed by atoms with Crippen molar-refractivity contribution >= 4 is 40.7 Å². The molecule has 0 bridgehead atoms. The Morgan fingerprint density at radius 2 is 1.94 bits per heavy atom. The molecule has 10 nitrogen and oxygen atoms in total. The molecule has 2 heterocycles. The van der Waals surface area contributed by atoms with Crippen LogP contribution in [0.1, 0.15) is 0 Å². The van der Waals surface area contributed by atoms with E-state index < -0.39 is 35.6 Å². The molecule has 2 aromatic carbocycles. The van der Waals surface area contributed by atoms with E-state index in [9.17, 15) is 18.8 Å². The molecule has 3 amide bonds. The molecule has 2 unspecified atom stereocenters. The molecule has 2 aliphatic rings. The molecule has 2 aliphatic heterocycles. The Hall–Kier alpha value is -3.73. The second-order valence-electron chi connectivity index (χ2n) is 6.92. The van der Waals surface area contributed by atoms with Gasteiger partial charge in [-0.25, -0.2) is 9.29 Å². The van der Waals surface area contributed by atoms with Gasteiger partial charge in [-0.3, -0.25) is 19.4 Å². The fourth-order valence-corrected chi connectivity index (χ4v) is 3.65. The Kier molecular flexibility index (Phi) is 5.66. The van der Waals surface area contributed by atoms with Crippen LogP contribution in [0.2, 0.25) is 5.02 Å². The number of anilines is 2. The number of nitrogens with zero attached hydrogens (tertiary/aromatic N) is 4. The number of halogens is 2. The molecular weight excluding hydrogens is 445 g/mol. The molecule has 0 aliphatic carbocycles. The molecule has 0 aromatic heterocycles. The van der Waals surface area contributed by atoms with E-state index in [4.69, 9.17) is 21.1 Å². The third-order valence-corrected chi connectivity index (χ3v) is 5.30. The topological polar surface area (TPSA) is 113 Å². The maximum atomic E-state index is 13.5. The van der Waals surface area contributed by atoms with Crippen LogP contribution >= 0.6 is 11.6 Å². The zero-order valence-corrected chi connectivity index (χ0v) is 17.7. The minimum absolute atomic E-state index is 0.114. The van der Waals surface area contributed by atoms with Crippen LogP contribution in [0.5, 0.6) is 11.5 Å². The van der Waals surface area contributed by atoms with Crippen LogP contribution in [-0.4, -0.2) is 55.6 Å². The number of rotatable bonds is 6. The maximum absolute atomic E-state index is 13.5. The molecule has 166 valence electrons. The molecule has 0 spiro atoms. The zero-order chi connectivity index (χ0) is 23.0. The average Bonchev–Trinajstić information content (AvgIpc) is 3.29. The van der Waals surface area contributed by atoms with Gasteiger partial charge >= 0.3 is 0 Å². The van der Waals surface area contributed by atoms with Crippen LogP contribution in [0.15, 0.2) is 46.7 Å². The number of amides is 3. The largest absolute Gasteiger partial charge is 0.497 e. The summed E-state index contributed by atoms with van der Waals surface area (Å²) in [4.78, 5) is 39.1. The number of carbonyl (C=O) groups is 3. The second kappa shape index (κ2) is 8.42. The van der Waals surface area contributed by atoms with E-state index in [1.165, 1.54) is 26.4 Å². The van der Waals surface area contributed by atoms with Crippen LogP contribution < -0.4 is 19.7 Å². The standard InChI is InChI=1S/C20H17ClFN5O5/c1-31-11-4-6-14(15(8-11)32-2)23-16(28)9-26-18-17(24-25-26)19(29)27(20(18)30)10-3-5-13(22)12(21)7-10/h3-8,17-18H,9H2,1-2H3,(H,23,28). The molecule has 0 saturated carbocycles. The van der Waals surface area contributed by atoms with Crippen LogP contribution in [0, 0.1) is 5.82 Å². The molecule has 2 atom stereocenters. The van der Waals surface area contributed by atoms with Gasteiger partial charge in [-0.1, -0.05) is 16.8 Å². The minimum atomic E-state index is -1.10. The van der Waals surface area contributed by atoms with Crippen molar-refractivity contribution < 1.29 is 28.2 Å². The SMILES string of the molecule is COc1ccc(NC(=O)CN2N=NC3C(=O)N(c4ccc(F)c(Cl)c4)C(=O)C32)c(OC)c1. The Bertz CT molecular complexity index is 1140. The van der Waals surface area contributed by atoms with Crippen molar-refractivity contribution in [3.05, 3.63) is 47.2 Å². The smallest absolute Gasteiger partial charge is 0.263 e. The first kappa shape index (κ1) is 21.5. The van der Waals surface area contributed by atoms with Gasteiger partial charge in [0.2, 0.25) is 5.91 Å². The Morgan fingerprint density at radius 1 is 1.16 bits per heavy atom. The van der Waals surface area contributed by atoms with Gasteiger partial charge in [0, 0.05) is 6.07 Å². The summed E-state index contributed by atoms with van der Waals surface area (Å²) in [5.74, 6) is -1.52. The van der Waals surface area contributed by atoms with E-state index in [0.717, 1.165) is 16.0 Å². The summed E-state index contributed by atoms with van der Waals surface area (Å²) >= 11 is 5.78. The first-order valence-electron chi connectivity index (χ1n) is 9.36. The van der Waals surface area contributed by atoms with Gasteiger partial charge < -0.3 is 14.8 Å². The van der Waals surface area contributed by atoms with Crippen molar-refractivity contribution in [2.75, 3.05) is 31.0 Å². The molecular formula is C20H17ClFN5O5. The van der Waals surface area contributed by atoms with E-state index in [1.54, 1.807) is 18.2 Å². The lowest BCUT2D eigenvalue weighted by Gasteiger charge is -2.20. The number of hydrogen-bond donors (Lipinski definition) is 1. The van der Waals surface area contributed by atoms with Crippen molar-refractivity contribution in [3.8, 4) is 11.5 Å². The minimum Gasteiger partial charge on any atom is -0.497 e. The van der Waals surface area contributed by atoms with Crippen molar-refractivity contribution in [1.29, 1.82) is 0 Å². The number of hydrogen-bond acceptors (Lipinski definition) is 8. The van der Waals surface area contributed by atoms with Gasteiger partial charge in [-0.2, -0.15) is 5.11 Å². The molecule has 1 saturated heterocycles. The fourth-order valence-electron chi connectivity index (χ4n) is 3.47. The van der Waals surface area contributed by atoms with Crippen LogP contribution in [0.25, 0.3) is 0 Å². The first-order chi connectivity index (χ1) is 15.3. The lowest BCUT2D eigenvalue weighted by atomic mass is 10.1. The second-order valence-corrected chi connectivity index (χ2v) is 7.32. The number of methoxy groups -OCH3 is 2. The van der Waals surface area contributed by atoms with Crippen LogP contribution in [0.3, 0.4) is 0 Å². The third kappa shape index (κ3) is 3.71. The molecule has 4 rings (SSSR count). The number of ether oxygens (including phenoxy) is 2. The lowest BCUT2D eigenvalue weighted by Crippen LogP contribution is -2.43. The normalized spacial score (nSPS) is 19.4. The Balaban J connectivity index is 1.49. The van der Waals surface area contributed by atoms with E-state index in [-0.39, 0.29) is 17.3 Å². The lowest BCUT2D eigenvalue weighted by molar-refractivity contribution is -0.123. The van der Waals surface area contributed by atoms with Gasteiger partial charge in [-0.05, 0) is 30.3 Å². The number of nitrogens with one attached hydrogen (secondary N) is 1. The Labute approximate surface area is 186 Å². The summed E-state index contributed by atoms with van der Waals surface area (Å²) in [5, 5.41) is 11.3. The number of carbonyl (C=O) groups excluding carboxylic acids is 3. The monoisotopic (exact) mass is 461 g/mol. The van der Waals surface area contributed by atoms with Crippen molar-refractivity contribution in [2.45, 2.75) is 12.1 Å². The van der Waals surface area contributed by atoms with Gasteiger partial charge in [0.1, 0.15) is 23.9 Å². The molecule has 1 N–H and O–H groups in total. The van der Waals surface area contributed by atoms with Crippen molar-refractivity contribution in [1.82, 2.24) is 5.01 Å². The number of fused-ring (bicyclic) bond motifs is 1. The summed E-state index contributed by atoms with van der Waals surface area (Å²) in [7, 11) is 2.95. The van der Waals surface area contributed by atoms with E-state index in [1.807, 2.05) is 0 Å². The molecule has 1 fully saturated rings. The quantitative estimate of drug-likeness (QED) is 0.661. The van der Waals surface area contributed by atoms with Crippen LogP contribution in [-0.2, 0) is 14.4 Å². The highest BCUT2D eigenvalue weighted by molar-refractivity contribution is 6.32. The van der Waals surface area contributed by atoms with Gasteiger partial charge in [0.05, 0.1) is 30.6 Å². The summed E-state index contributed by atoms with van der Waals surface area (Å²) in [6.45, 7) is -0.336. The van der Waals surface area contributed by atoms with Gasteiger partial charge in [0.25, 0.3) is 11.8 Å². The summed E-state index contributed by atoms with van der Waals surface area (Å²) in [6, 6.07) is 6.17.